The molecule has 0 amide bonds. The lowest BCUT2D eigenvalue weighted by Gasteiger charge is -2.29. The number of nitrogens with zero attached hydrogens (tertiary/aromatic N) is 2. The molecule has 1 aliphatic carbocycles. The van der Waals surface area contributed by atoms with Gasteiger partial charge in [0.1, 0.15) is 0 Å². The van der Waals surface area contributed by atoms with Crippen LogP contribution in [0.25, 0.3) is 0 Å². The van der Waals surface area contributed by atoms with Gasteiger partial charge in [0.25, 0.3) is 10.2 Å². The standard InChI is InChI=1S/C12H20N4O2S/c17-19(18,16-6-2-1-3-7-16)15-11-4-5-12-10(8-11)9-13-14-12/h9,11,15H,1-8H2,(H,13,14)/t11-/m0/s1. The topological polar surface area (TPSA) is 78.1 Å². The van der Waals surface area contributed by atoms with Gasteiger partial charge in [0, 0.05) is 24.8 Å². The Morgan fingerprint density at radius 1 is 1.32 bits per heavy atom. The van der Waals surface area contributed by atoms with Gasteiger partial charge in [0.2, 0.25) is 0 Å². The van der Waals surface area contributed by atoms with E-state index < -0.39 is 10.2 Å². The van der Waals surface area contributed by atoms with Crippen molar-refractivity contribution in [3.05, 3.63) is 17.5 Å². The van der Waals surface area contributed by atoms with Crippen LogP contribution in [-0.4, -0.2) is 42.1 Å². The summed E-state index contributed by atoms with van der Waals surface area (Å²) in [7, 11) is -3.32. The molecule has 1 saturated heterocycles. The summed E-state index contributed by atoms with van der Waals surface area (Å²) >= 11 is 0. The van der Waals surface area contributed by atoms with Crippen LogP contribution in [0.1, 0.15) is 36.9 Å². The van der Waals surface area contributed by atoms with E-state index in [1.807, 2.05) is 0 Å². The zero-order chi connectivity index (χ0) is 13.3. The molecule has 0 aromatic carbocycles. The molecule has 0 saturated carbocycles. The predicted octanol–water partition coefficient (Wildman–Crippen LogP) is 0.587. The predicted molar refractivity (Wildman–Crippen MR) is 71.9 cm³/mol. The molecule has 19 heavy (non-hydrogen) atoms. The molecule has 0 bridgehead atoms. The molecule has 2 aliphatic rings. The number of H-pyrrole nitrogens is 1. The summed E-state index contributed by atoms with van der Waals surface area (Å²) in [6, 6.07) is -0.00275. The number of hydrogen-bond donors (Lipinski definition) is 2. The second-order valence-corrected chi connectivity index (χ2v) is 7.10. The summed E-state index contributed by atoms with van der Waals surface area (Å²) in [5, 5.41) is 6.98. The molecule has 0 unspecified atom stereocenters. The van der Waals surface area contributed by atoms with Crippen LogP contribution in [0.3, 0.4) is 0 Å². The molecule has 1 aromatic heterocycles. The van der Waals surface area contributed by atoms with Crippen molar-refractivity contribution in [2.24, 2.45) is 0 Å². The third-order valence-electron chi connectivity index (χ3n) is 3.99. The van der Waals surface area contributed by atoms with E-state index in [-0.39, 0.29) is 6.04 Å². The maximum absolute atomic E-state index is 12.3. The van der Waals surface area contributed by atoms with E-state index in [9.17, 15) is 8.42 Å². The molecule has 1 aromatic rings. The number of aryl methyl sites for hydroxylation is 1. The fraction of sp³-hybridized carbons (Fsp3) is 0.750. The third kappa shape index (κ3) is 2.82. The van der Waals surface area contributed by atoms with Gasteiger partial charge in [-0.05, 0) is 37.7 Å². The van der Waals surface area contributed by atoms with Crippen molar-refractivity contribution in [2.75, 3.05) is 13.1 Å². The highest BCUT2D eigenvalue weighted by atomic mass is 32.2. The smallest absolute Gasteiger partial charge is 0.279 e. The third-order valence-corrected chi connectivity index (χ3v) is 5.66. The Morgan fingerprint density at radius 3 is 2.89 bits per heavy atom. The molecule has 2 N–H and O–H groups in total. The highest BCUT2D eigenvalue weighted by Crippen LogP contribution is 2.20. The average molecular weight is 284 g/mol. The van der Waals surface area contributed by atoms with Crippen LogP contribution in [0.4, 0.5) is 0 Å². The monoisotopic (exact) mass is 284 g/mol. The Labute approximate surface area is 113 Å². The summed E-state index contributed by atoms with van der Waals surface area (Å²) in [5.41, 5.74) is 2.28. The van der Waals surface area contributed by atoms with Gasteiger partial charge in [0.05, 0.1) is 6.20 Å². The molecule has 106 valence electrons. The van der Waals surface area contributed by atoms with Crippen molar-refractivity contribution in [1.82, 2.24) is 19.2 Å². The van der Waals surface area contributed by atoms with Crippen LogP contribution in [0.2, 0.25) is 0 Å². The van der Waals surface area contributed by atoms with Crippen LogP contribution in [0.15, 0.2) is 6.20 Å². The zero-order valence-electron chi connectivity index (χ0n) is 10.9. The molecule has 0 radical (unpaired) electrons. The van der Waals surface area contributed by atoms with Gasteiger partial charge < -0.3 is 0 Å². The average Bonchev–Trinajstić information content (AvgIpc) is 2.87. The molecule has 7 heteroatoms. The summed E-state index contributed by atoms with van der Waals surface area (Å²) in [5.74, 6) is 0. The minimum absolute atomic E-state index is 0.00275. The Balaban J connectivity index is 1.65. The molecular weight excluding hydrogens is 264 g/mol. The molecule has 1 atom stereocenters. The second-order valence-electron chi connectivity index (χ2n) is 5.40. The number of hydrogen-bond acceptors (Lipinski definition) is 3. The first-order valence-electron chi connectivity index (χ1n) is 6.94. The van der Waals surface area contributed by atoms with Gasteiger partial charge in [0.15, 0.2) is 0 Å². The highest BCUT2D eigenvalue weighted by molar-refractivity contribution is 7.87. The first-order chi connectivity index (χ1) is 9.15. The number of aromatic nitrogens is 2. The van der Waals surface area contributed by atoms with Crippen molar-refractivity contribution in [1.29, 1.82) is 0 Å². The van der Waals surface area contributed by atoms with Gasteiger partial charge in [-0.3, -0.25) is 5.10 Å². The van der Waals surface area contributed by atoms with Crippen LogP contribution < -0.4 is 4.72 Å². The van der Waals surface area contributed by atoms with Crippen molar-refractivity contribution in [3.8, 4) is 0 Å². The first-order valence-corrected chi connectivity index (χ1v) is 8.38. The van der Waals surface area contributed by atoms with E-state index in [0.29, 0.717) is 13.1 Å². The lowest BCUT2D eigenvalue weighted by molar-refractivity contribution is 0.336. The number of piperidine rings is 1. The number of aromatic amines is 1. The maximum Gasteiger partial charge on any atom is 0.279 e. The van der Waals surface area contributed by atoms with Crippen molar-refractivity contribution in [3.63, 3.8) is 0 Å². The largest absolute Gasteiger partial charge is 0.282 e. The van der Waals surface area contributed by atoms with Gasteiger partial charge in [-0.2, -0.15) is 22.5 Å². The number of nitrogens with one attached hydrogen (secondary N) is 2. The lowest BCUT2D eigenvalue weighted by atomic mass is 9.94. The molecule has 1 aliphatic heterocycles. The summed E-state index contributed by atoms with van der Waals surface area (Å²) < 4.78 is 29.0. The van der Waals surface area contributed by atoms with Crippen LogP contribution in [0, 0.1) is 0 Å². The van der Waals surface area contributed by atoms with Gasteiger partial charge in [-0.25, -0.2) is 0 Å². The van der Waals surface area contributed by atoms with E-state index in [1.165, 1.54) is 0 Å². The quantitative estimate of drug-likeness (QED) is 0.852. The Kier molecular flexibility index (Phi) is 3.60. The molecule has 3 rings (SSSR count). The second kappa shape index (κ2) is 5.22. The van der Waals surface area contributed by atoms with Gasteiger partial charge >= 0.3 is 0 Å². The van der Waals surface area contributed by atoms with Crippen LogP contribution in [0.5, 0.6) is 0 Å². The van der Waals surface area contributed by atoms with Crippen molar-refractivity contribution >= 4 is 10.2 Å². The molecule has 0 spiro atoms. The minimum Gasteiger partial charge on any atom is -0.282 e. The van der Waals surface area contributed by atoms with E-state index in [2.05, 4.69) is 14.9 Å². The van der Waals surface area contributed by atoms with Crippen LogP contribution >= 0.6 is 0 Å². The molecule has 1 fully saturated rings. The number of rotatable bonds is 3. The number of fused-ring (bicyclic) bond motifs is 1. The summed E-state index contributed by atoms with van der Waals surface area (Å²) in [4.78, 5) is 0. The Hall–Kier alpha value is -0.920. The Morgan fingerprint density at radius 2 is 2.11 bits per heavy atom. The Bertz CT molecular complexity index is 534. The van der Waals surface area contributed by atoms with E-state index >= 15 is 0 Å². The van der Waals surface area contributed by atoms with Crippen molar-refractivity contribution < 1.29 is 8.42 Å². The normalized spacial score (nSPS) is 25.2. The van der Waals surface area contributed by atoms with Crippen LogP contribution in [-0.2, 0) is 23.1 Å². The lowest BCUT2D eigenvalue weighted by Crippen LogP contribution is -2.48. The van der Waals surface area contributed by atoms with E-state index in [4.69, 9.17) is 0 Å². The fourth-order valence-electron chi connectivity index (χ4n) is 2.91. The molecule has 2 heterocycles. The first kappa shape index (κ1) is 13.1. The fourth-order valence-corrected chi connectivity index (χ4v) is 4.42. The summed E-state index contributed by atoms with van der Waals surface area (Å²) in [6.07, 6.45) is 7.31. The highest BCUT2D eigenvalue weighted by Gasteiger charge is 2.29. The van der Waals surface area contributed by atoms with Gasteiger partial charge in [-0.1, -0.05) is 6.42 Å². The molecular formula is C12H20N4O2S. The van der Waals surface area contributed by atoms with E-state index in [0.717, 1.165) is 49.8 Å². The van der Waals surface area contributed by atoms with E-state index in [1.54, 1.807) is 10.5 Å². The maximum atomic E-state index is 12.3. The van der Waals surface area contributed by atoms with Crippen molar-refractivity contribution in [2.45, 2.75) is 44.6 Å². The molecule has 6 nitrogen and oxygen atoms in total. The minimum atomic E-state index is -3.32. The SMILES string of the molecule is O=S(=O)(N[C@H]1CCc2[nH]ncc2C1)N1CCCCC1. The summed E-state index contributed by atoms with van der Waals surface area (Å²) in [6.45, 7) is 1.30. The zero-order valence-corrected chi connectivity index (χ0v) is 11.7. The van der Waals surface area contributed by atoms with Gasteiger partial charge in [-0.15, -0.1) is 0 Å².